The first-order valence-electron chi connectivity index (χ1n) is 6.59. The molecule has 0 bridgehead atoms. The number of aromatic nitrogens is 2. The summed E-state index contributed by atoms with van der Waals surface area (Å²) < 4.78 is 23.0. The molecular weight excluding hydrogens is 274 g/mol. The van der Waals surface area contributed by atoms with Gasteiger partial charge in [-0.25, -0.2) is 13.4 Å². The number of benzene rings is 1. The second-order valence-electron chi connectivity index (χ2n) is 6.06. The van der Waals surface area contributed by atoms with Crippen molar-refractivity contribution in [3.05, 3.63) is 24.0 Å². The number of hydrogen-bond acceptors (Lipinski definition) is 4. The zero-order chi connectivity index (χ0) is 15.0. The Morgan fingerprint density at radius 1 is 1.30 bits per heavy atom. The molecule has 0 saturated carbocycles. The molecular formula is C14H21N3O2S. The van der Waals surface area contributed by atoms with Crippen LogP contribution < -0.4 is 5.32 Å². The predicted molar refractivity (Wildman–Crippen MR) is 80.7 cm³/mol. The summed E-state index contributed by atoms with van der Waals surface area (Å²) >= 11 is 0. The Bertz CT molecular complexity index is 712. The van der Waals surface area contributed by atoms with Crippen LogP contribution in [0.15, 0.2) is 23.1 Å². The molecule has 1 aromatic carbocycles. The molecule has 0 saturated heterocycles. The minimum atomic E-state index is -3.18. The van der Waals surface area contributed by atoms with Crippen LogP contribution in [0.1, 0.15) is 26.6 Å². The third-order valence-electron chi connectivity index (χ3n) is 2.95. The molecule has 6 heteroatoms. The fourth-order valence-corrected chi connectivity index (χ4v) is 2.59. The lowest BCUT2D eigenvalue weighted by atomic mass is 10.1. The first-order chi connectivity index (χ1) is 9.15. The van der Waals surface area contributed by atoms with Crippen LogP contribution in [0.5, 0.6) is 0 Å². The zero-order valence-electron chi connectivity index (χ0n) is 12.3. The molecule has 20 heavy (non-hydrogen) atoms. The monoisotopic (exact) mass is 295 g/mol. The maximum atomic E-state index is 11.5. The molecule has 0 amide bonds. The van der Waals surface area contributed by atoms with Crippen LogP contribution in [0.4, 0.5) is 0 Å². The molecule has 1 aromatic heterocycles. The number of imidazole rings is 1. The fraction of sp³-hybridized carbons (Fsp3) is 0.500. The third-order valence-corrected chi connectivity index (χ3v) is 4.06. The molecule has 0 atom stereocenters. The number of H-pyrrole nitrogens is 1. The average Bonchev–Trinajstić information content (AvgIpc) is 2.67. The lowest BCUT2D eigenvalue weighted by Crippen LogP contribution is -2.37. The Morgan fingerprint density at radius 2 is 2.00 bits per heavy atom. The molecule has 2 N–H and O–H groups in total. The second-order valence-corrected chi connectivity index (χ2v) is 8.08. The molecule has 110 valence electrons. The van der Waals surface area contributed by atoms with E-state index in [1.807, 2.05) is 0 Å². The van der Waals surface area contributed by atoms with Crippen molar-refractivity contribution in [2.45, 2.75) is 37.6 Å². The average molecular weight is 295 g/mol. The maximum absolute atomic E-state index is 11.5. The van der Waals surface area contributed by atoms with Crippen molar-refractivity contribution >= 4 is 20.9 Å². The van der Waals surface area contributed by atoms with Gasteiger partial charge >= 0.3 is 0 Å². The molecule has 0 unspecified atom stereocenters. The van der Waals surface area contributed by atoms with Crippen molar-refractivity contribution in [3.8, 4) is 0 Å². The van der Waals surface area contributed by atoms with Crippen LogP contribution in [-0.2, 0) is 16.3 Å². The Kier molecular flexibility index (Phi) is 3.88. The van der Waals surface area contributed by atoms with E-state index in [0.717, 1.165) is 29.8 Å². The van der Waals surface area contributed by atoms with Crippen LogP contribution >= 0.6 is 0 Å². The van der Waals surface area contributed by atoms with Gasteiger partial charge in [0.25, 0.3) is 0 Å². The molecule has 0 aliphatic heterocycles. The quantitative estimate of drug-likeness (QED) is 0.903. The molecule has 0 spiro atoms. The summed E-state index contributed by atoms with van der Waals surface area (Å²) in [5.74, 6) is 0.863. The normalized spacial score (nSPS) is 13.0. The number of rotatable bonds is 4. The summed E-state index contributed by atoms with van der Waals surface area (Å²) in [5, 5.41) is 3.39. The molecule has 0 aliphatic carbocycles. The van der Waals surface area contributed by atoms with Crippen LogP contribution in [0.2, 0.25) is 0 Å². The van der Waals surface area contributed by atoms with Crippen LogP contribution in [-0.4, -0.2) is 36.7 Å². The van der Waals surface area contributed by atoms with Gasteiger partial charge in [0.1, 0.15) is 5.82 Å². The van der Waals surface area contributed by atoms with E-state index in [1.54, 1.807) is 18.2 Å². The lowest BCUT2D eigenvalue weighted by Gasteiger charge is -2.19. The number of nitrogens with one attached hydrogen (secondary N) is 2. The van der Waals surface area contributed by atoms with Gasteiger partial charge in [-0.15, -0.1) is 0 Å². The van der Waals surface area contributed by atoms with Gasteiger partial charge in [0, 0.05) is 24.8 Å². The molecule has 0 fully saturated rings. The minimum Gasteiger partial charge on any atom is -0.342 e. The maximum Gasteiger partial charge on any atom is 0.175 e. The van der Waals surface area contributed by atoms with Gasteiger partial charge in [-0.1, -0.05) is 0 Å². The van der Waals surface area contributed by atoms with Crippen molar-refractivity contribution in [3.63, 3.8) is 0 Å². The molecule has 2 aromatic rings. The topological polar surface area (TPSA) is 74.8 Å². The second kappa shape index (κ2) is 5.18. The summed E-state index contributed by atoms with van der Waals surface area (Å²) in [4.78, 5) is 7.96. The number of hydrogen-bond donors (Lipinski definition) is 2. The van der Waals surface area contributed by atoms with Crippen LogP contribution in [0.3, 0.4) is 0 Å². The van der Waals surface area contributed by atoms with E-state index in [4.69, 9.17) is 0 Å². The highest BCUT2D eigenvalue weighted by atomic mass is 32.2. The largest absolute Gasteiger partial charge is 0.342 e. The van der Waals surface area contributed by atoms with E-state index in [-0.39, 0.29) is 5.54 Å². The third kappa shape index (κ3) is 3.80. The van der Waals surface area contributed by atoms with Crippen molar-refractivity contribution in [1.29, 1.82) is 0 Å². The van der Waals surface area contributed by atoms with Gasteiger partial charge in [-0.2, -0.15) is 0 Å². The smallest absolute Gasteiger partial charge is 0.175 e. The van der Waals surface area contributed by atoms with E-state index < -0.39 is 9.84 Å². The van der Waals surface area contributed by atoms with Crippen molar-refractivity contribution < 1.29 is 8.42 Å². The van der Waals surface area contributed by atoms with Gasteiger partial charge in [0.05, 0.1) is 15.9 Å². The first-order valence-corrected chi connectivity index (χ1v) is 8.48. The van der Waals surface area contributed by atoms with Gasteiger partial charge < -0.3 is 10.3 Å². The van der Waals surface area contributed by atoms with Gasteiger partial charge in [-0.05, 0) is 39.0 Å². The Hall–Kier alpha value is -1.40. The summed E-state index contributed by atoms with van der Waals surface area (Å²) in [5.41, 5.74) is 1.64. The fourth-order valence-electron chi connectivity index (χ4n) is 1.95. The first kappa shape index (κ1) is 15.0. The van der Waals surface area contributed by atoms with E-state index in [0.29, 0.717) is 4.90 Å². The molecule has 2 rings (SSSR count). The molecule has 0 aliphatic rings. The summed E-state index contributed by atoms with van der Waals surface area (Å²) in [6, 6.07) is 4.97. The minimum absolute atomic E-state index is 0.0788. The van der Waals surface area contributed by atoms with Gasteiger partial charge in [-0.3, -0.25) is 0 Å². The van der Waals surface area contributed by atoms with E-state index >= 15 is 0 Å². The molecule has 5 nitrogen and oxygen atoms in total. The zero-order valence-corrected chi connectivity index (χ0v) is 13.1. The van der Waals surface area contributed by atoms with Crippen molar-refractivity contribution in [2.75, 3.05) is 12.8 Å². The SMILES string of the molecule is CC(C)(C)NCCc1nc2ccc(S(C)(=O)=O)cc2[nH]1. The standard InChI is InChI=1S/C14H21N3O2S/c1-14(2,3)15-8-7-13-16-11-6-5-10(20(4,18)19)9-12(11)17-13/h5-6,9,15H,7-8H2,1-4H3,(H,16,17). The summed E-state index contributed by atoms with van der Waals surface area (Å²) in [6.07, 6.45) is 1.98. The van der Waals surface area contributed by atoms with E-state index in [9.17, 15) is 8.42 Å². The van der Waals surface area contributed by atoms with Gasteiger partial charge in [0.15, 0.2) is 9.84 Å². The van der Waals surface area contributed by atoms with E-state index in [2.05, 4.69) is 36.1 Å². The molecule has 1 heterocycles. The highest BCUT2D eigenvalue weighted by Gasteiger charge is 2.11. The van der Waals surface area contributed by atoms with Crippen LogP contribution in [0, 0.1) is 0 Å². The Balaban J connectivity index is 2.17. The highest BCUT2D eigenvalue weighted by Crippen LogP contribution is 2.17. The number of nitrogens with zero attached hydrogens (tertiary/aromatic N) is 1. The molecule has 0 radical (unpaired) electrons. The Morgan fingerprint density at radius 3 is 2.60 bits per heavy atom. The predicted octanol–water partition coefficient (Wildman–Crippen LogP) is 1.90. The summed E-state index contributed by atoms with van der Waals surface area (Å²) in [7, 11) is -3.18. The Labute approximate surface area is 119 Å². The number of aromatic amines is 1. The van der Waals surface area contributed by atoms with Crippen LogP contribution in [0.25, 0.3) is 11.0 Å². The number of sulfone groups is 1. The lowest BCUT2D eigenvalue weighted by molar-refractivity contribution is 0.428. The number of fused-ring (bicyclic) bond motifs is 1. The highest BCUT2D eigenvalue weighted by molar-refractivity contribution is 7.90. The van der Waals surface area contributed by atoms with Gasteiger partial charge in [0.2, 0.25) is 0 Å². The van der Waals surface area contributed by atoms with E-state index in [1.165, 1.54) is 6.26 Å². The summed E-state index contributed by atoms with van der Waals surface area (Å²) in [6.45, 7) is 7.17. The van der Waals surface area contributed by atoms with Crippen molar-refractivity contribution in [2.24, 2.45) is 0 Å². The van der Waals surface area contributed by atoms with Crippen molar-refractivity contribution in [1.82, 2.24) is 15.3 Å².